The molecule has 3 nitrogen and oxygen atoms in total. The van der Waals surface area contributed by atoms with E-state index in [0.717, 1.165) is 15.4 Å². The minimum absolute atomic E-state index is 0.580. The molecule has 0 N–H and O–H groups in total. The Balaban J connectivity index is 2.16. The smallest absolute Gasteiger partial charge is 0.223 e. The first-order chi connectivity index (χ1) is 8.22. The number of fused-ring (bicyclic) bond motifs is 1. The fourth-order valence-electron chi connectivity index (χ4n) is 1.77. The zero-order valence-corrected chi connectivity index (χ0v) is 10.7. The summed E-state index contributed by atoms with van der Waals surface area (Å²) >= 11 is 3.46. The number of hydrogen-bond acceptors (Lipinski definition) is 3. The molecule has 2 aromatic carbocycles. The van der Waals surface area contributed by atoms with Crippen LogP contribution >= 0.6 is 15.9 Å². The van der Waals surface area contributed by atoms with Crippen molar-refractivity contribution >= 4 is 26.7 Å². The highest BCUT2D eigenvalue weighted by Gasteiger charge is 2.06. The van der Waals surface area contributed by atoms with Crippen molar-refractivity contribution in [2.75, 3.05) is 0 Å². The number of hydrogen-bond donors (Lipinski definition) is 0. The predicted octanol–water partition coefficient (Wildman–Crippen LogP) is 3.96. The molecule has 3 aromatic rings. The van der Waals surface area contributed by atoms with Gasteiger partial charge in [-0.2, -0.15) is 4.98 Å². The molecule has 3 rings (SSSR count). The van der Waals surface area contributed by atoms with Crippen LogP contribution in [0.1, 0.15) is 5.89 Å². The first-order valence-electron chi connectivity index (χ1n) is 5.22. The van der Waals surface area contributed by atoms with Crippen molar-refractivity contribution in [2.45, 2.75) is 6.92 Å². The monoisotopic (exact) mass is 288 g/mol. The molecule has 4 heteroatoms. The van der Waals surface area contributed by atoms with E-state index < -0.39 is 0 Å². The van der Waals surface area contributed by atoms with Crippen LogP contribution < -0.4 is 0 Å². The average Bonchev–Trinajstić information content (AvgIpc) is 2.75. The summed E-state index contributed by atoms with van der Waals surface area (Å²) in [6, 6.07) is 12.3. The molecule has 0 atom stereocenters. The summed E-state index contributed by atoms with van der Waals surface area (Å²) in [5, 5.41) is 6.26. The van der Waals surface area contributed by atoms with Gasteiger partial charge in [-0.3, -0.25) is 0 Å². The molecule has 0 saturated carbocycles. The highest BCUT2D eigenvalue weighted by atomic mass is 79.9. The minimum Gasteiger partial charge on any atom is -0.339 e. The second-order valence-electron chi connectivity index (χ2n) is 3.84. The SMILES string of the molecule is Cc1nc(-c2ccc3cc(Br)ccc3c2)no1. The summed E-state index contributed by atoms with van der Waals surface area (Å²) in [4.78, 5) is 4.22. The van der Waals surface area contributed by atoms with Crippen LogP contribution in [0.25, 0.3) is 22.2 Å². The first kappa shape index (κ1) is 10.5. The Hall–Kier alpha value is -1.68. The summed E-state index contributed by atoms with van der Waals surface area (Å²) in [7, 11) is 0. The van der Waals surface area contributed by atoms with Crippen molar-refractivity contribution in [2.24, 2.45) is 0 Å². The lowest BCUT2D eigenvalue weighted by Gasteiger charge is -2.00. The van der Waals surface area contributed by atoms with Crippen molar-refractivity contribution < 1.29 is 4.52 Å². The molecule has 0 bridgehead atoms. The number of aryl methyl sites for hydroxylation is 1. The zero-order valence-electron chi connectivity index (χ0n) is 9.14. The lowest BCUT2D eigenvalue weighted by molar-refractivity contribution is 0.394. The van der Waals surface area contributed by atoms with Gasteiger partial charge < -0.3 is 4.52 Å². The van der Waals surface area contributed by atoms with Gasteiger partial charge in [0.2, 0.25) is 11.7 Å². The quantitative estimate of drug-likeness (QED) is 0.680. The van der Waals surface area contributed by atoms with E-state index in [1.165, 1.54) is 5.39 Å². The van der Waals surface area contributed by atoms with Gasteiger partial charge in [-0.25, -0.2) is 0 Å². The van der Waals surface area contributed by atoms with E-state index in [2.05, 4.69) is 50.3 Å². The molecule has 0 aliphatic carbocycles. The molecule has 17 heavy (non-hydrogen) atoms. The normalized spacial score (nSPS) is 10.9. The molecule has 0 saturated heterocycles. The van der Waals surface area contributed by atoms with Gasteiger partial charge in [0.25, 0.3) is 0 Å². The van der Waals surface area contributed by atoms with Gasteiger partial charge in [0, 0.05) is 17.0 Å². The van der Waals surface area contributed by atoms with Gasteiger partial charge in [-0.15, -0.1) is 0 Å². The fraction of sp³-hybridized carbons (Fsp3) is 0.0769. The molecule has 0 fully saturated rings. The summed E-state index contributed by atoms with van der Waals surface area (Å²) in [5.41, 5.74) is 0.969. The van der Waals surface area contributed by atoms with E-state index in [0.29, 0.717) is 11.7 Å². The second kappa shape index (κ2) is 3.96. The van der Waals surface area contributed by atoms with Crippen LogP contribution in [0.2, 0.25) is 0 Å². The maximum atomic E-state index is 4.98. The summed E-state index contributed by atoms with van der Waals surface area (Å²) < 4.78 is 6.06. The molecule has 0 amide bonds. The van der Waals surface area contributed by atoms with Crippen molar-refractivity contribution in [3.05, 3.63) is 46.8 Å². The summed E-state index contributed by atoms with van der Waals surface area (Å²) in [6.45, 7) is 1.79. The molecule has 1 heterocycles. The van der Waals surface area contributed by atoms with Crippen LogP contribution in [0.3, 0.4) is 0 Å². The molecule has 0 unspecified atom stereocenters. The molecular formula is C13H9BrN2O. The van der Waals surface area contributed by atoms with Crippen molar-refractivity contribution in [1.29, 1.82) is 0 Å². The highest BCUT2D eigenvalue weighted by molar-refractivity contribution is 9.10. The molecule has 0 radical (unpaired) electrons. The third-order valence-electron chi connectivity index (χ3n) is 2.59. The third kappa shape index (κ3) is 1.96. The summed E-state index contributed by atoms with van der Waals surface area (Å²) in [5.74, 6) is 1.21. The lowest BCUT2D eigenvalue weighted by atomic mass is 10.1. The van der Waals surface area contributed by atoms with E-state index in [-0.39, 0.29) is 0 Å². The lowest BCUT2D eigenvalue weighted by Crippen LogP contribution is -1.81. The molecule has 84 valence electrons. The minimum atomic E-state index is 0.580. The standard InChI is InChI=1S/C13H9BrN2O/c1-8-15-13(16-17-8)11-3-2-10-7-12(14)5-4-9(10)6-11/h2-7H,1H3. The summed E-state index contributed by atoms with van der Waals surface area (Å²) in [6.07, 6.45) is 0. The van der Waals surface area contributed by atoms with Crippen LogP contribution in [0.4, 0.5) is 0 Å². The Labute approximate surface area is 107 Å². The topological polar surface area (TPSA) is 38.9 Å². The van der Waals surface area contributed by atoms with Crippen molar-refractivity contribution in [3.63, 3.8) is 0 Å². The third-order valence-corrected chi connectivity index (χ3v) is 3.08. The van der Waals surface area contributed by atoms with Crippen LogP contribution in [0.15, 0.2) is 45.4 Å². The van der Waals surface area contributed by atoms with Crippen LogP contribution in [-0.2, 0) is 0 Å². The number of benzene rings is 2. The number of rotatable bonds is 1. The molecule has 1 aromatic heterocycles. The highest BCUT2D eigenvalue weighted by Crippen LogP contribution is 2.24. The fourth-order valence-corrected chi connectivity index (χ4v) is 2.15. The number of halogens is 1. The van der Waals surface area contributed by atoms with Gasteiger partial charge in [0.05, 0.1) is 0 Å². The number of nitrogens with zero attached hydrogens (tertiary/aromatic N) is 2. The largest absolute Gasteiger partial charge is 0.339 e. The van der Waals surface area contributed by atoms with Crippen LogP contribution in [0, 0.1) is 6.92 Å². The van der Waals surface area contributed by atoms with Crippen molar-refractivity contribution in [3.8, 4) is 11.4 Å². The maximum Gasteiger partial charge on any atom is 0.223 e. The van der Waals surface area contributed by atoms with E-state index in [1.54, 1.807) is 6.92 Å². The second-order valence-corrected chi connectivity index (χ2v) is 4.76. The molecular weight excluding hydrogens is 280 g/mol. The van der Waals surface area contributed by atoms with E-state index >= 15 is 0 Å². The number of aromatic nitrogens is 2. The van der Waals surface area contributed by atoms with E-state index in [1.807, 2.05) is 12.1 Å². The van der Waals surface area contributed by atoms with E-state index in [4.69, 9.17) is 4.52 Å². The Morgan fingerprint density at radius 3 is 2.59 bits per heavy atom. The average molecular weight is 289 g/mol. The van der Waals surface area contributed by atoms with Gasteiger partial charge in [0.15, 0.2) is 0 Å². The van der Waals surface area contributed by atoms with Gasteiger partial charge in [-0.05, 0) is 29.0 Å². The Morgan fingerprint density at radius 2 is 1.82 bits per heavy atom. The maximum absolute atomic E-state index is 4.98. The molecule has 0 aliphatic heterocycles. The Bertz CT molecular complexity index is 691. The van der Waals surface area contributed by atoms with Crippen LogP contribution in [0.5, 0.6) is 0 Å². The van der Waals surface area contributed by atoms with Crippen LogP contribution in [-0.4, -0.2) is 10.1 Å². The first-order valence-corrected chi connectivity index (χ1v) is 6.02. The molecule has 0 aliphatic rings. The predicted molar refractivity (Wildman–Crippen MR) is 69.7 cm³/mol. The Morgan fingerprint density at radius 1 is 1.06 bits per heavy atom. The van der Waals surface area contributed by atoms with Gasteiger partial charge in [0.1, 0.15) is 0 Å². The van der Waals surface area contributed by atoms with E-state index in [9.17, 15) is 0 Å². The van der Waals surface area contributed by atoms with Crippen molar-refractivity contribution in [1.82, 2.24) is 10.1 Å². The Kier molecular flexibility index (Phi) is 2.44. The molecule has 0 spiro atoms. The van der Waals surface area contributed by atoms with Gasteiger partial charge >= 0.3 is 0 Å². The van der Waals surface area contributed by atoms with Gasteiger partial charge in [-0.1, -0.05) is 39.3 Å². The zero-order chi connectivity index (χ0) is 11.8.